The Morgan fingerprint density at radius 2 is 1.70 bits per heavy atom. The molecule has 20 heavy (non-hydrogen) atoms. The number of ether oxygens (including phenoxy) is 2. The van der Waals surface area contributed by atoms with Crippen LogP contribution in [-0.2, 0) is 11.3 Å². The van der Waals surface area contributed by atoms with E-state index in [4.69, 9.17) is 9.47 Å². The zero-order valence-corrected chi connectivity index (χ0v) is 12.0. The van der Waals surface area contributed by atoms with Crippen LogP contribution in [0.5, 0.6) is 5.75 Å². The molecule has 0 spiro atoms. The van der Waals surface area contributed by atoms with E-state index in [1.54, 1.807) is 6.07 Å². The topological polar surface area (TPSA) is 35.5 Å². The van der Waals surface area contributed by atoms with Crippen molar-refractivity contribution in [1.29, 1.82) is 0 Å². The molecule has 0 atom stereocenters. The van der Waals surface area contributed by atoms with Crippen molar-refractivity contribution in [3.63, 3.8) is 0 Å². The molecule has 2 aromatic rings. The van der Waals surface area contributed by atoms with E-state index in [-0.39, 0.29) is 5.97 Å². The van der Waals surface area contributed by atoms with Crippen LogP contribution in [0, 0.1) is 13.8 Å². The summed E-state index contributed by atoms with van der Waals surface area (Å²) in [5.74, 6) is 0.471. The van der Waals surface area contributed by atoms with Crippen molar-refractivity contribution in [2.24, 2.45) is 0 Å². The van der Waals surface area contributed by atoms with E-state index in [0.29, 0.717) is 12.2 Å². The Balaban J connectivity index is 2.18. The fourth-order valence-corrected chi connectivity index (χ4v) is 2.02. The summed E-state index contributed by atoms with van der Waals surface area (Å²) in [5.41, 5.74) is 3.55. The van der Waals surface area contributed by atoms with Gasteiger partial charge >= 0.3 is 5.97 Å². The molecule has 0 saturated carbocycles. The lowest BCUT2D eigenvalue weighted by Crippen LogP contribution is -2.06. The molecule has 0 amide bonds. The Kier molecular flexibility index (Phi) is 4.41. The minimum atomic E-state index is -0.319. The molecule has 0 heterocycles. The largest absolute Gasteiger partial charge is 0.489 e. The Hall–Kier alpha value is -2.29. The van der Waals surface area contributed by atoms with E-state index in [2.05, 4.69) is 0 Å². The van der Waals surface area contributed by atoms with Crippen LogP contribution in [0.1, 0.15) is 27.0 Å². The Morgan fingerprint density at radius 3 is 2.35 bits per heavy atom. The molecule has 3 heteroatoms. The summed E-state index contributed by atoms with van der Waals surface area (Å²) in [6, 6.07) is 13.5. The highest BCUT2D eigenvalue weighted by atomic mass is 16.5. The molecule has 2 rings (SSSR count). The second kappa shape index (κ2) is 6.24. The molecule has 0 bridgehead atoms. The van der Waals surface area contributed by atoms with E-state index in [1.807, 2.05) is 50.2 Å². The van der Waals surface area contributed by atoms with Crippen molar-refractivity contribution < 1.29 is 14.3 Å². The lowest BCUT2D eigenvalue weighted by Gasteiger charge is -2.13. The Labute approximate surface area is 119 Å². The van der Waals surface area contributed by atoms with Gasteiger partial charge in [-0.3, -0.25) is 0 Å². The highest BCUT2D eigenvalue weighted by Crippen LogP contribution is 2.25. The van der Waals surface area contributed by atoms with Crippen molar-refractivity contribution in [3.8, 4) is 5.75 Å². The van der Waals surface area contributed by atoms with Gasteiger partial charge in [-0.2, -0.15) is 0 Å². The molecule has 104 valence electrons. The quantitative estimate of drug-likeness (QED) is 0.795. The fraction of sp³-hybridized carbons (Fsp3) is 0.235. The summed E-state index contributed by atoms with van der Waals surface area (Å²) in [7, 11) is 1.39. The fourth-order valence-electron chi connectivity index (χ4n) is 2.02. The number of esters is 1. The van der Waals surface area contributed by atoms with Gasteiger partial charge in [-0.05, 0) is 42.7 Å². The molecular weight excluding hydrogens is 252 g/mol. The molecule has 0 aliphatic heterocycles. The molecule has 0 N–H and O–H groups in total. The molecule has 0 radical (unpaired) electrons. The Bertz CT molecular complexity index is 603. The number of rotatable bonds is 4. The van der Waals surface area contributed by atoms with Crippen LogP contribution in [-0.4, -0.2) is 13.1 Å². The van der Waals surface area contributed by atoms with E-state index < -0.39 is 0 Å². The second-order valence-corrected chi connectivity index (χ2v) is 4.63. The van der Waals surface area contributed by atoms with Gasteiger partial charge in [-0.25, -0.2) is 4.79 Å². The maximum Gasteiger partial charge on any atom is 0.338 e. The monoisotopic (exact) mass is 270 g/mol. The lowest BCUT2D eigenvalue weighted by molar-refractivity contribution is 0.0599. The molecule has 3 nitrogen and oxygen atoms in total. The van der Waals surface area contributed by atoms with Gasteiger partial charge in [0.1, 0.15) is 12.4 Å². The van der Waals surface area contributed by atoms with Crippen molar-refractivity contribution in [2.45, 2.75) is 20.5 Å². The third-order valence-electron chi connectivity index (χ3n) is 3.38. The van der Waals surface area contributed by atoms with Gasteiger partial charge in [0.2, 0.25) is 0 Å². The summed E-state index contributed by atoms with van der Waals surface area (Å²) in [6.07, 6.45) is 0. The standard InChI is InChI=1S/C17H18O3/c1-12-13(2)16(10-9-15(12)17(18)19-3)20-11-14-7-5-4-6-8-14/h4-10H,11H2,1-3H3. The number of methoxy groups -OCH3 is 1. The van der Waals surface area contributed by atoms with Crippen LogP contribution in [0.25, 0.3) is 0 Å². The van der Waals surface area contributed by atoms with Crippen LogP contribution in [0.3, 0.4) is 0 Å². The van der Waals surface area contributed by atoms with E-state index in [1.165, 1.54) is 7.11 Å². The second-order valence-electron chi connectivity index (χ2n) is 4.63. The van der Waals surface area contributed by atoms with Crippen LogP contribution >= 0.6 is 0 Å². The first-order chi connectivity index (χ1) is 9.63. The van der Waals surface area contributed by atoms with Crippen molar-refractivity contribution >= 4 is 5.97 Å². The van der Waals surface area contributed by atoms with Gasteiger partial charge in [0.05, 0.1) is 12.7 Å². The Morgan fingerprint density at radius 1 is 1.00 bits per heavy atom. The molecule has 0 aromatic heterocycles. The van der Waals surface area contributed by atoms with Gasteiger partial charge in [0.25, 0.3) is 0 Å². The number of benzene rings is 2. The van der Waals surface area contributed by atoms with E-state index >= 15 is 0 Å². The van der Waals surface area contributed by atoms with E-state index in [0.717, 1.165) is 22.4 Å². The zero-order chi connectivity index (χ0) is 14.5. The average molecular weight is 270 g/mol. The first kappa shape index (κ1) is 14.1. The summed E-state index contributed by atoms with van der Waals surface area (Å²) in [4.78, 5) is 11.6. The third-order valence-corrected chi connectivity index (χ3v) is 3.38. The summed E-state index contributed by atoms with van der Waals surface area (Å²) in [6.45, 7) is 4.36. The first-order valence-corrected chi connectivity index (χ1v) is 6.48. The number of hydrogen-bond donors (Lipinski definition) is 0. The summed E-state index contributed by atoms with van der Waals surface area (Å²) < 4.78 is 10.6. The molecule has 0 saturated heterocycles. The van der Waals surface area contributed by atoms with Gasteiger partial charge in [0.15, 0.2) is 0 Å². The van der Waals surface area contributed by atoms with Crippen LogP contribution in [0.4, 0.5) is 0 Å². The summed E-state index contributed by atoms with van der Waals surface area (Å²) in [5, 5.41) is 0. The first-order valence-electron chi connectivity index (χ1n) is 6.48. The maximum absolute atomic E-state index is 11.6. The molecule has 0 aliphatic rings. The minimum absolute atomic E-state index is 0.319. The normalized spacial score (nSPS) is 10.2. The van der Waals surface area contributed by atoms with Gasteiger partial charge in [0, 0.05) is 0 Å². The van der Waals surface area contributed by atoms with Gasteiger partial charge in [-0.15, -0.1) is 0 Å². The highest BCUT2D eigenvalue weighted by Gasteiger charge is 2.13. The molecule has 0 unspecified atom stereocenters. The van der Waals surface area contributed by atoms with Crippen LogP contribution < -0.4 is 4.74 Å². The van der Waals surface area contributed by atoms with E-state index in [9.17, 15) is 4.79 Å². The molecular formula is C17H18O3. The van der Waals surface area contributed by atoms with Crippen molar-refractivity contribution in [2.75, 3.05) is 7.11 Å². The van der Waals surface area contributed by atoms with Crippen molar-refractivity contribution in [1.82, 2.24) is 0 Å². The predicted octanol–water partition coefficient (Wildman–Crippen LogP) is 3.67. The van der Waals surface area contributed by atoms with Crippen LogP contribution in [0.2, 0.25) is 0 Å². The predicted molar refractivity (Wildman–Crippen MR) is 78.0 cm³/mol. The summed E-state index contributed by atoms with van der Waals surface area (Å²) >= 11 is 0. The molecule has 2 aromatic carbocycles. The van der Waals surface area contributed by atoms with Gasteiger partial charge in [-0.1, -0.05) is 30.3 Å². The number of carbonyl (C=O) groups excluding carboxylic acids is 1. The number of hydrogen-bond acceptors (Lipinski definition) is 3. The smallest absolute Gasteiger partial charge is 0.338 e. The minimum Gasteiger partial charge on any atom is -0.489 e. The maximum atomic E-state index is 11.6. The third kappa shape index (κ3) is 2.99. The van der Waals surface area contributed by atoms with Crippen LogP contribution in [0.15, 0.2) is 42.5 Å². The highest BCUT2D eigenvalue weighted by molar-refractivity contribution is 5.91. The van der Waals surface area contributed by atoms with Gasteiger partial charge < -0.3 is 9.47 Å². The molecule has 0 fully saturated rings. The zero-order valence-electron chi connectivity index (χ0n) is 12.0. The average Bonchev–Trinajstić information content (AvgIpc) is 2.49. The lowest BCUT2D eigenvalue weighted by atomic mass is 10.0. The SMILES string of the molecule is COC(=O)c1ccc(OCc2ccccc2)c(C)c1C. The van der Waals surface area contributed by atoms with Crippen molar-refractivity contribution in [3.05, 3.63) is 64.7 Å². The number of carbonyl (C=O) groups is 1. The molecule has 0 aliphatic carbocycles.